The van der Waals surface area contributed by atoms with E-state index in [9.17, 15) is 4.21 Å². The van der Waals surface area contributed by atoms with Gasteiger partial charge < -0.3 is 5.32 Å². The summed E-state index contributed by atoms with van der Waals surface area (Å²) in [5, 5.41) is 3.84. The lowest BCUT2D eigenvalue weighted by molar-refractivity contribution is 0.385. The minimum atomic E-state index is -0.856. The Hall–Kier alpha value is -0.670. The van der Waals surface area contributed by atoms with Crippen molar-refractivity contribution in [2.45, 2.75) is 68.1 Å². The van der Waals surface area contributed by atoms with Crippen molar-refractivity contribution in [2.75, 3.05) is 6.54 Å². The largest absolute Gasteiger partial charge is 0.313 e. The number of rotatable bonds is 4. The molecule has 3 heteroatoms. The minimum absolute atomic E-state index is 0.295. The molecule has 0 amide bonds. The van der Waals surface area contributed by atoms with Crippen LogP contribution in [-0.4, -0.2) is 22.0 Å². The molecule has 0 bridgehead atoms. The van der Waals surface area contributed by atoms with Gasteiger partial charge in [0.25, 0.3) is 0 Å². The molecule has 3 rings (SSSR count). The van der Waals surface area contributed by atoms with E-state index in [1.165, 1.54) is 49.7 Å². The molecule has 2 aliphatic carbocycles. The zero-order valence-corrected chi connectivity index (χ0v) is 13.2. The molecule has 0 saturated heterocycles. The predicted octanol–water partition coefficient (Wildman–Crippen LogP) is 3.20. The van der Waals surface area contributed by atoms with Crippen LogP contribution in [0, 0.1) is 0 Å². The van der Waals surface area contributed by atoms with Gasteiger partial charge in [-0.2, -0.15) is 0 Å². The normalized spacial score (nSPS) is 27.2. The smallest absolute Gasteiger partial charge is 0.0576 e. The molecule has 0 heterocycles. The molecule has 0 aromatic heterocycles. The van der Waals surface area contributed by atoms with Gasteiger partial charge in [-0.3, -0.25) is 4.21 Å². The van der Waals surface area contributed by atoms with Crippen LogP contribution in [0.2, 0.25) is 0 Å². The average Bonchev–Trinajstić information content (AvgIpc) is 2.95. The lowest BCUT2D eigenvalue weighted by Crippen LogP contribution is -2.44. The van der Waals surface area contributed by atoms with Crippen LogP contribution in [0.1, 0.15) is 50.2 Å². The fraction of sp³-hybridized carbons (Fsp3) is 0.647. The number of benzene rings is 1. The monoisotopic (exact) mass is 291 g/mol. The average molecular weight is 291 g/mol. The Balaban J connectivity index is 1.80. The molecule has 1 aromatic carbocycles. The van der Waals surface area contributed by atoms with E-state index in [1.54, 1.807) is 0 Å². The van der Waals surface area contributed by atoms with Crippen molar-refractivity contribution >= 4 is 10.8 Å². The Kier molecular flexibility index (Phi) is 4.57. The number of aryl methyl sites for hydroxylation is 2. The number of hydrogen-bond donors (Lipinski definition) is 1. The molecule has 0 spiro atoms. The van der Waals surface area contributed by atoms with Gasteiger partial charge >= 0.3 is 0 Å². The summed E-state index contributed by atoms with van der Waals surface area (Å²) in [4.78, 5) is 1.06. The fourth-order valence-corrected chi connectivity index (χ4v) is 5.42. The Bertz CT molecular complexity index is 498. The second-order valence-corrected chi connectivity index (χ2v) is 7.74. The number of hydrogen-bond acceptors (Lipinski definition) is 2. The predicted molar refractivity (Wildman–Crippen MR) is 84.6 cm³/mol. The molecule has 1 saturated carbocycles. The van der Waals surface area contributed by atoms with Gasteiger partial charge in [0.1, 0.15) is 0 Å². The van der Waals surface area contributed by atoms with Gasteiger partial charge in [0.2, 0.25) is 0 Å². The summed E-state index contributed by atoms with van der Waals surface area (Å²) in [5.41, 5.74) is 2.91. The summed E-state index contributed by atoms with van der Waals surface area (Å²) >= 11 is 0. The van der Waals surface area contributed by atoms with Crippen molar-refractivity contribution in [1.82, 2.24) is 5.32 Å². The molecule has 3 unspecified atom stereocenters. The van der Waals surface area contributed by atoms with Gasteiger partial charge in [0.15, 0.2) is 0 Å². The highest BCUT2D eigenvalue weighted by Crippen LogP contribution is 2.29. The molecule has 20 heavy (non-hydrogen) atoms. The molecule has 2 aliphatic rings. The highest BCUT2D eigenvalue weighted by Gasteiger charge is 2.30. The summed E-state index contributed by atoms with van der Waals surface area (Å²) in [6.45, 7) is 3.12. The van der Waals surface area contributed by atoms with Crippen LogP contribution in [0.25, 0.3) is 0 Å². The first kappa shape index (κ1) is 14.3. The Morgan fingerprint density at radius 2 is 1.95 bits per heavy atom. The second kappa shape index (κ2) is 6.40. The van der Waals surface area contributed by atoms with Crippen molar-refractivity contribution in [3.63, 3.8) is 0 Å². The molecule has 1 N–H and O–H groups in total. The highest BCUT2D eigenvalue weighted by atomic mass is 32.2. The molecular formula is C17H25NOS. The van der Waals surface area contributed by atoms with Gasteiger partial charge in [-0.25, -0.2) is 0 Å². The highest BCUT2D eigenvalue weighted by molar-refractivity contribution is 7.85. The van der Waals surface area contributed by atoms with Crippen LogP contribution in [-0.2, 0) is 23.6 Å². The number of nitrogens with one attached hydrogen (secondary N) is 1. The van der Waals surface area contributed by atoms with Crippen LogP contribution in [0.3, 0.4) is 0 Å². The van der Waals surface area contributed by atoms with E-state index in [0.717, 1.165) is 17.9 Å². The van der Waals surface area contributed by atoms with Gasteiger partial charge in [0, 0.05) is 10.9 Å². The first-order valence-corrected chi connectivity index (χ1v) is 9.26. The Morgan fingerprint density at radius 1 is 1.15 bits per heavy atom. The maximum absolute atomic E-state index is 13.0. The van der Waals surface area contributed by atoms with E-state index in [-0.39, 0.29) is 0 Å². The van der Waals surface area contributed by atoms with E-state index in [1.807, 2.05) is 0 Å². The Morgan fingerprint density at radius 3 is 2.80 bits per heavy atom. The Labute approximate surface area is 124 Å². The van der Waals surface area contributed by atoms with Crippen molar-refractivity contribution in [3.05, 3.63) is 29.3 Å². The quantitative estimate of drug-likeness (QED) is 0.923. The third kappa shape index (κ3) is 2.84. The molecule has 2 nitrogen and oxygen atoms in total. The SMILES string of the molecule is CCNC1CCCCC1S(=O)c1ccc2c(c1)CCC2. The van der Waals surface area contributed by atoms with Crippen molar-refractivity contribution in [2.24, 2.45) is 0 Å². The maximum atomic E-state index is 13.0. The number of fused-ring (bicyclic) bond motifs is 1. The molecule has 0 radical (unpaired) electrons. The fourth-order valence-electron chi connectivity index (χ4n) is 3.70. The summed E-state index contributed by atoms with van der Waals surface area (Å²) in [7, 11) is -0.856. The molecule has 0 aliphatic heterocycles. The first-order chi connectivity index (χ1) is 9.79. The topological polar surface area (TPSA) is 29.1 Å². The second-order valence-electron chi connectivity index (χ2n) is 6.07. The lowest BCUT2D eigenvalue weighted by atomic mass is 9.95. The van der Waals surface area contributed by atoms with E-state index >= 15 is 0 Å². The van der Waals surface area contributed by atoms with E-state index in [0.29, 0.717) is 11.3 Å². The van der Waals surface area contributed by atoms with Gasteiger partial charge in [0.05, 0.1) is 16.0 Å². The first-order valence-electron chi connectivity index (χ1n) is 8.05. The molecule has 1 aromatic rings. The van der Waals surface area contributed by atoms with Crippen LogP contribution >= 0.6 is 0 Å². The molecule has 3 atom stereocenters. The third-order valence-corrected chi connectivity index (χ3v) is 6.58. The van der Waals surface area contributed by atoms with Crippen LogP contribution in [0.15, 0.2) is 23.1 Å². The van der Waals surface area contributed by atoms with Crippen molar-refractivity contribution < 1.29 is 4.21 Å². The van der Waals surface area contributed by atoms with Crippen LogP contribution < -0.4 is 5.32 Å². The van der Waals surface area contributed by atoms with E-state index in [2.05, 4.69) is 30.4 Å². The van der Waals surface area contributed by atoms with Gasteiger partial charge in [-0.15, -0.1) is 0 Å². The van der Waals surface area contributed by atoms with Crippen molar-refractivity contribution in [3.8, 4) is 0 Å². The van der Waals surface area contributed by atoms with E-state index < -0.39 is 10.8 Å². The van der Waals surface area contributed by atoms with E-state index in [4.69, 9.17) is 0 Å². The summed E-state index contributed by atoms with van der Waals surface area (Å²) in [6.07, 6.45) is 8.40. The van der Waals surface area contributed by atoms with Gasteiger partial charge in [-0.05, 0) is 61.9 Å². The summed E-state index contributed by atoms with van der Waals surface area (Å²) in [6, 6.07) is 6.97. The molecular weight excluding hydrogens is 266 g/mol. The standard InChI is InChI=1S/C17H25NOS/c1-2-18-16-8-3-4-9-17(16)20(19)15-11-10-13-6-5-7-14(13)12-15/h10-12,16-18H,2-9H2,1H3. The lowest BCUT2D eigenvalue weighted by Gasteiger charge is -2.31. The third-order valence-electron chi connectivity index (χ3n) is 4.75. The maximum Gasteiger partial charge on any atom is 0.0576 e. The zero-order valence-electron chi connectivity index (χ0n) is 12.4. The molecule has 110 valence electrons. The summed E-state index contributed by atoms with van der Waals surface area (Å²) < 4.78 is 13.0. The van der Waals surface area contributed by atoms with Crippen molar-refractivity contribution in [1.29, 1.82) is 0 Å². The zero-order chi connectivity index (χ0) is 13.9. The van der Waals surface area contributed by atoms with Crippen LogP contribution in [0.4, 0.5) is 0 Å². The molecule has 1 fully saturated rings. The van der Waals surface area contributed by atoms with Gasteiger partial charge in [-0.1, -0.05) is 25.8 Å². The van der Waals surface area contributed by atoms with Crippen LogP contribution in [0.5, 0.6) is 0 Å². The minimum Gasteiger partial charge on any atom is -0.313 e. The summed E-state index contributed by atoms with van der Waals surface area (Å²) in [5.74, 6) is 0.